The van der Waals surface area contributed by atoms with E-state index in [4.69, 9.17) is 9.15 Å². The van der Waals surface area contributed by atoms with Crippen molar-refractivity contribution in [2.45, 2.75) is 45.6 Å². The molecule has 5 heteroatoms. The van der Waals surface area contributed by atoms with Crippen LogP contribution in [0, 0.1) is 0 Å². The minimum absolute atomic E-state index is 0.0343. The van der Waals surface area contributed by atoms with Crippen molar-refractivity contribution < 1.29 is 13.9 Å². The number of carbonyl (C=O) groups is 1. The molecule has 1 atom stereocenters. The monoisotopic (exact) mass is 316 g/mol. The molecular weight excluding hydrogens is 292 g/mol. The van der Waals surface area contributed by atoms with Crippen molar-refractivity contribution in [1.29, 1.82) is 0 Å². The molecule has 0 unspecified atom stereocenters. The highest BCUT2D eigenvalue weighted by molar-refractivity contribution is 5.76. The third-order valence-electron chi connectivity index (χ3n) is 3.60. The number of rotatable bonds is 8. The molecule has 0 spiro atoms. The Morgan fingerprint density at radius 3 is 3.00 bits per heavy atom. The van der Waals surface area contributed by atoms with Gasteiger partial charge < -0.3 is 14.5 Å². The van der Waals surface area contributed by atoms with Crippen LogP contribution in [0.1, 0.15) is 39.0 Å². The molecule has 1 amide bonds. The lowest BCUT2D eigenvalue weighted by molar-refractivity contribution is -0.121. The third-order valence-corrected chi connectivity index (χ3v) is 3.60. The van der Waals surface area contributed by atoms with E-state index in [1.165, 1.54) is 0 Å². The molecule has 1 aromatic heterocycles. The van der Waals surface area contributed by atoms with E-state index in [0.29, 0.717) is 24.5 Å². The largest absolute Gasteiger partial charge is 0.497 e. The summed E-state index contributed by atoms with van der Waals surface area (Å²) in [6, 6.07) is 7.82. The molecule has 5 nitrogen and oxygen atoms in total. The van der Waals surface area contributed by atoms with Crippen molar-refractivity contribution in [2.75, 3.05) is 7.11 Å². The van der Waals surface area contributed by atoms with Gasteiger partial charge in [0.25, 0.3) is 0 Å². The van der Waals surface area contributed by atoms with E-state index in [1.54, 1.807) is 13.3 Å². The topological polar surface area (TPSA) is 64.4 Å². The summed E-state index contributed by atoms with van der Waals surface area (Å²) in [5, 5.41) is 2.98. The molecule has 1 aromatic carbocycles. The zero-order chi connectivity index (χ0) is 16.7. The van der Waals surface area contributed by atoms with Gasteiger partial charge in [-0.25, -0.2) is 4.98 Å². The Bertz CT molecular complexity index is 637. The zero-order valence-corrected chi connectivity index (χ0v) is 14.0. The molecule has 0 aliphatic rings. The SMILES string of the molecule is CCC[C@@H](C)NC(=O)CCc1ncc(-c2cccc(OC)c2)o1. The fraction of sp³-hybridized carbons (Fsp3) is 0.444. The number of nitrogens with one attached hydrogen (secondary N) is 1. The number of amides is 1. The second-order valence-corrected chi connectivity index (χ2v) is 5.61. The van der Waals surface area contributed by atoms with Crippen molar-refractivity contribution in [2.24, 2.45) is 0 Å². The maximum Gasteiger partial charge on any atom is 0.220 e. The number of nitrogens with zero attached hydrogens (tertiary/aromatic N) is 1. The Labute approximate surface area is 137 Å². The Morgan fingerprint density at radius 1 is 1.43 bits per heavy atom. The van der Waals surface area contributed by atoms with Crippen molar-refractivity contribution in [1.82, 2.24) is 10.3 Å². The van der Waals surface area contributed by atoms with Crippen molar-refractivity contribution in [3.8, 4) is 17.1 Å². The van der Waals surface area contributed by atoms with Gasteiger partial charge in [-0.05, 0) is 25.5 Å². The first kappa shape index (κ1) is 17.1. The van der Waals surface area contributed by atoms with Gasteiger partial charge in [0.15, 0.2) is 11.7 Å². The molecule has 124 valence electrons. The number of aromatic nitrogens is 1. The van der Waals surface area contributed by atoms with Crippen LogP contribution in [0.15, 0.2) is 34.9 Å². The van der Waals surface area contributed by atoms with Gasteiger partial charge in [-0.15, -0.1) is 0 Å². The van der Waals surface area contributed by atoms with E-state index >= 15 is 0 Å². The molecule has 0 saturated carbocycles. The Hall–Kier alpha value is -2.30. The van der Waals surface area contributed by atoms with Crippen LogP contribution in [0.5, 0.6) is 5.75 Å². The molecular formula is C18H24N2O3. The summed E-state index contributed by atoms with van der Waals surface area (Å²) in [6.07, 6.45) is 4.61. The van der Waals surface area contributed by atoms with Crippen LogP contribution < -0.4 is 10.1 Å². The first-order valence-corrected chi connectivity index (χ1v) is 8.01. The normalized spacial score (nSPS) is 12.0. The minimum atomic E-state index is 0.0343. The van der Waals surface area contributed by atoms with Crippen LogP contribution >= 0.6 is 0 Å². The molecule has 0 radical (unpaired) electrons. The van der Waals surface area contributed by atoms with Gasteiger partial charge in [-0.3, -0.25) is 4.79 Å². The summed E-state index contributed by atoms with van der Waals surface area (Å²) in [5.74, 6) is 2.05. The summed E-state index contributed by atoms with van der Waals surface area (Å²) >= 11 is 0. The molecule has 1 N–H and O–H groups in total. The van der Waals surface area contributed by atoms with Gasteiger partial charge in [0.2, 0.25) is 5.91 Å². The Balaban J connectivity index is 1.91. The first-order valence-electron chi connectivity index (χ1n) is 8.01. The highest BCUT2D eigenvalue weighted by atomic mass is 16.5. The molecule has 23 heavy (non-hydrogen) atoms. The smallest absolute Gasteiger partial charge is 0.220 e. The van der Waals surface area contributed by atoms with Crippen LogP contribution in [-0.4, -0.2) is 24.0 Å². The van der Waals surface area contributed by atoms with Gasteiger partial charge >= 0.3 is 0 Å². The van der Waals surface area contributed by atoms with Crippen LogP contribution in [0.3, 0.4) is 0 Å². The minimum Gasteiger partial charge on any atom is -0.497 e. The van der Waals surface area contributed by atoms with E-state index < -0.39 is 0 Å². The van der Waals surface area contributed by atoms with Gasteiger partial charge in [0.1, 0.15) is 5.75 Å². The zero-order valence-electron chi connectivity index (χ0n) is 14.0. The van der Waals surface area contributed by atoms with Gasteiger partial charge in [-0.1, -0.05) is 25.5 Å². The fourth-order valence-corrected chi connectivity index (χ4v) is 2.41. The number of hydrogen-bond acceptors (Lipinski definition) is 4. The van der Waals surface area contributed by atoms with Crippen molar-refractivity contribution in [3.63, 3.8) is 0 Å². The van der Waals surface area contributed by atoms with E-state index in [2.05, 4.69) is 17.2 Å². The molecule has 0 aliphatic heterocycles. The summed E-state index contributed by atoms with van der Waals surface area (Å²) in [7, 11) is 1.63. The highest BCUT2D eigenvalue weighted by Gasteiger charge is 2.11. The van der Waals surface area contributed by atoms with E-state index in [9.17, 15) is 4.79 Å². The average Bonchev–Trinajstić information content (AvgIpc) is 3.02. The van der Waals surface area contributed by atoms with Crippen molar-refractivity contribution >= 4 is 5.91 Å². The molecule has 1 heterocycles. The number of ether oxygens (including phenoxy) is 1. The fourth-order valence-electron chi connectivity index (χ4n) is 2.41. The van der Waals surface area contributed by atoms with Gasteiger partial charge in [-0.2, -0.15) is 0 Å². The first-order chi connectivity index (χ1) is 11.1. The van der Waals surface area contributed by atoms with Crippen LogP contribution in [0.2, 0.25) is 0 Å². The maximum atomic E-state index is 11.9. The third kappa shape index (κ3) is 5.13. The second-order valence-electron chi connectivity index (χ2n) is 5.61. The predicted octanol–water partition coefficient (Wildman–Crippen LogP) is 3.59. The summed E-state index contributed by atoms with van der Waals surface area (Å²) in [5.41, 5.74) is 0.907. The Morgan fingerprint density at radius 2 is 2.26 bits per heavy atom. The van der Waals surface area contributed by atoms with E-state index in [0.717, 1.165) is 24.2 Å². The van der Waals surface area contributed by atoms with Gasteiger partial charge in [0.05, 0.1) is 13.3 Å². The van der Waals surface area contributed by atoms with Crippen molar-refractivity contribution in [3.05, 3.63) is 36.4 Å². The van der Waals surface area contributed by atoms with E-state index in [-0.39, 0.29) is 11.9 Å². The molecule has 2 aromatic rings. The summed E-state index contributed by atoms with van der Waals surface area (Å²) in [4.78, 5) is 16.1. The number of carbonyl (C=O) groups excluding carboxylic acids is 1. The molecule has 0 bridgehead atoms. The number of benzene rings is 1. The van der Waals surface area contributed by atoms with Gasteiger partial charge in [0, 0.05) is 24.4 Å². The lowest BCUT2D eigenvalue weighted by Gasteiger charge is -2.11. The second kappa shape index (κ2) is 8.36. The molecule has 0 fully saturated rings. The quantitative estimate of drug-likeness (QED) is 0.808. The maximum absolute atomic E-state index is 11.9. The van der Waals surface area contributed by atoms with Crippen LogP contribution in [0.4, 0.5) is 0 Å². The lowest BCUT2D eigenvalue weighted by atomic mass is 10.2. The standard InChI is InChI=1S/C18H24N2O3/c1-4-6-13(2)20-17(21)9-10-18-19-12-16(23-18)14-7-5-8-15(11-14)22-3/h5,7-8,11-13H,4,6,9-10H2,1-3H3,(H,20,21)/t13-/m1/s1. The number of methoxy groups -OCH3 is 1. The number of oxazole rings is 1. The highest BCUT2D eigenvalue weighted by Crippen LogP contribution is 2.24. The van der Waals surface area contributed by atoms with Crippen LogP contribution in [0.25, 0.3) is 11.3 Å². The lowest BCUT2D eigenvalue weighted by Crippen LogP contribution is -2.32. The van der Waals surface area contributed by atoms with Crippen LogP contribution in [-0.2, 0) is 11.2 Å². The molecule has 0 aliphatic carbocycles. The van der Waals surface area contributed by atoms with E-state index in [1.807, 2.05) is 31.2 Å². The Kier molecular flexibility index (Phi) is 6.20. The predicted molar refractivity (Wildman–Crippen MR) is 89.3 cm³/mol. The summed E-state index contributed by atoms with van der Waals surface area (Å²) in [6.45, 7) is 4.13. The molecule has 0 saturated heterocycles. The number of aryl methyl sites for hydroxylation is 1. The number of hydrogen-bond donors (Lipinski definition) is 1. The summed E-state index contributed by atoms with van der Waals surface area (Å²) < 4.78 is 10.9. The molecule has 2 rings (SSSR count). The average molecular weight is 316 g/mol.